The van der Waals surface area contributed by atoms with Crippen molar-refractivity contribution in [3.05, 3.63) is 0 Å². The minimum atomic E-state index is -5.08. The van der Waals surface area contributed by atoms with Crippen molar-refractivity contribution in [1.29, 1.82) is 0 Å². The second-order valence-corrected chi connectivity index (χ2v) is 5.74. The third kappa shape index (κ3) is 3.59. The van der Waals surface area contributed by atoms with Gasteiger partial charge in [-0.1, -0.05) is 20.3 Å². The van der Waals surface area contributed by atoms with Crippen molar-refractivity contribution >= 4 is 12.0 Å². The Labute approximate surface area is 121 Å². The van der Waals surface area contributed by atoms with Gasteiger partial charge in [-0.2, -0.15) is 13.2 Å². The predicted octanol–water partition coefficient (Wildman–Crippen LogP) is 2.52. The van der Waals surface area contributed by atoms with E-state index in [1.807, 2.05) is 13.8 Å². The molecule has 0 heterocycles. The molecule has 1 fully saturated rings. The number of urea groups is 1. The first kappa shape index (κ1) is 17.6. The Bertz CT molecular complexity index is 414. The molecule has 122 valence electrons. The fraction of sp³-hybridized carbons (Fsp3) is 0.846. The summed E-state index contributed by atoms with van der Waals surface area (Å²) >= 11 is 0. The van der Waals surface area contributed by atoms with Gasteiger partial charge in [0.1, 0.15) is 0 Å². The van der Waals surface area contributed by atoms with Gasteiger partial charge in [0, 0.05) is 6.04 Å². The summed E-state index contributed by atoms with van der Waals surface area (Å²) in [5.74, 6) is -1.57. The van der Waals surface area contributed by atoms with Crippen LogP contribution in [0.5, 0.6) is 0 Å². The number of aliphatic carboxylic acids is 1. The standard InChI is InChI=1S/C13H21F3N2O3/c1-4-8-5-6-9(7(8)2)17-11(21)18-12(3,10(19)20)13(14,15)16/h7-9H,4-6H2,1-3H3,(H,19,20)(H2,17,18,21). The van der Waals surface area contributed by atoms with Crippen LogP contribution in [0.2, 0.25) is 0 Å². The normalized spacial score (nSPS) is 28.8. The molecule has 8 heteroatoms. The van der Waals surface area contributed by atoms with Gasteiger partial charge >= 0.3 is 18.2 Å². The summed E-state index contributed by atoms with van der Waals surface area (Å²) in [5.41, 5.74) is -3.30. The number of rotatable bonds is 4. The van der Waals surface area contributed by atoms with Crippen molar-refractivity contribution < 1.29 is 27.9 Å². The summed E-state index contributed by atoms with van der Waals surface area (Å²) in [6.45, 7) is 4.39. The molecule has 5 nitrogen and oxygen atoms in total. The molecule has 4 atom stereocenters. The first-order valence-corrected chi connectivity index (χ1v) is 6.91. The number of halogens is 3. The van der Waals surface area contributed by atoms with Crippen molar-refractivity contribution in [2.24, 2.45) is 11.8 Å². The maximum Gasteiger partial charge on any atom is 0.422 e. The van der Waals surface area contributed by atoms with Crippen LogP contribution >= 0.6 is 0 Å². The molecule has 0 saturated heterocycles. The van der Waals surface area contributed by atoms with Gasteiger partial charge in [0.2, 0.25) is 5.54 Å². The average Bonchev–Trinajstić information content (AvgIpc) is 2.68. The lowest BCUT2D eigenvalue weighted by atomic mass is 9.93. The lowest BCUT2D eigenvalue weighted by Crippen LogP contribution is -2.64. The van der Waals surface area contributed by atoms with Crippen molar-refractivity contribution in [2.75, 3.05) is 0 Å². The lowest BCUT2D eigenvalue weighted by Gasteiger charge is -2.30. The van der Waals surface area contributed by atoms with Gasteiger partial charge in [0.05, 0.1) is 0 Å². The number of nitrogens with one attached hydrogen (secondary N) is 2. The summed E-state index contributed by atoms with van der Waals surface area (Å²) in [6.07, 6.45) is -2.55. The molecule has 21 heavy (non-hydrogen) atoms. The Morgan fingerprint density at radius 3 is 2.24 bits per heavy atom. The van der Waals surface area contributed by atoms with Crippen LogP contribution in [0.15, 0.2) is 0 Å². The third-order valence-corrected chi connectivity index (χ3v) is 4.43. The van der Waals surface area contributed by atoms with E-state index < -0.39 is 23.7 Å². The topological polar surface area (TPSA) is 78.4 Å². The first-order chi connectivity index (χ1) is 9.52. The molecule has 0 aromatic heterocycles. The molecular weight excluding hydrogens is 289 g/mol. The lowest BCUT2D eigenvalue weighted by molar-refractivity contribution is -0.203. The van der Waals surface area contributed by atoms with Gasteiger partial charge in [0.15, 0.2) is 0 Å². The summed E-state index contributed by atoms with van der Waals surface area (Å²) in [6, 6.07) is -1.34. The summed E-state index contributed by atoms with van der Waals surface area (Å²) in [5, 5.41) is 12.7. The quantitative estimate of drug-likeness (QED) is 0.746. The molecule has 1 aliphatic rings. The van der Waals surface area contributed by atoms with Crippen LogP contribution in [-0.4, -0.2) is 34.9 Å². The molecule has 0 aromatic rings. The monoisotopic (exact) mass is 310 g/mol. The number of amides is 2. The summed E-state index contributed by atoms with van der Waals surface area (Å²) in [7, 11) is 0. The molecular formula is C13H21F3N2O3. The third-order valence-electron chi connectivity index (χ3n) is 4.43. The largest absolute Gasteiger partial charge is 0.479 e. The van der Waals surface area contributed by atoms with Gasteiger partial charge in [-0.25, -0.2) is 9.59 Å². The predicted molar refractivity (Wildman–Crippen MR) is 69.7 cm³/mol. The van der Waals surface area contributed by atoms with Crippen LogP contribution < -0.4 is 10.6 Å². The van der Waals surface area contributed by atoms with Crippen LogP contribution in [0.25, 0.3) is 0 Å². The smallest absolute Gasteiger partial charge is 0.422 e. The average molecular weight is 310 g/mol. The number of hydrogen-bond acceptors (Lipinski definition) is 2. The molecule has 1 aliphatic carbocycles. The number of carboxylic acid groups (broad SMARTS) is 1. The van der Waals surface area contributed by atoms with E-state index in [9.17, 15) is 22.8 Å². The zero-order valence-electron chi connectivity index (χ0n) is 12.3. The number of hydrogen-bond donors (Lipinski definition) is 3. The molecule has 0 bridgehead atoms. The molecule has 1 rings (SSSR count). The fourth-order valence-electron chi connectivity index (χ4n) is 2.70. The number of alkyl halides is 3. The van der Waals surface area contributed by atoms with E-state index >= 15 is 0 Å². The minimum Gasteiger partial charge on any atom is -0.479 e. The number of carbonyl (C=O) groups is 2. The SMILES string of the molecule is CCC1CCC(NC(=O)NC(C)(C(=O)O)C(F)(F)F)C1C. The Kier molecular flexibility index (Phi) is 5.11. The van der Waals surface area contributed by atoms with Crippen LogP contribution in [0.3, 0.4) is 0 Å². The van der Waals surface area contributed by atoms with Gasteiger partial charge in [0.25, 0.3) is 0 Å². The van der Waals surface area contributed by atoms with E-state index in [1.54, 1.807) is 0 Å². The number of carboxylic acids is 1. The second-order valence-electron chi connectivity index (χ2n) is 5.74. The molecule has 0 aromatic carbocycles. The van der Waals surface area contributed by atoms with Gasteiger partial charge in [-0.3, -0.25) is 0 Å². The molecule has 0 aliphatic heterocycles. The minimum absolute atomic E-state index is 0.155. The van der Waals surface area contributed by atoms with Crippen molar-refractivity contribution in [3.63, 3.8) is 0 Å². The number of carbonyl (C=O) groups excluding carboxylic acids is 1. The maximum atomic E-state index is 12.8. The van der Waals surface area contributed by atoms with Gasteiger partial charge < -0.3 is 15.7 Å². The fourth-order valence-corrected chi connectivity index (χ4v) is 2.70. The Balaban J connectivity index is 2.71. The highest BCUT2D eigenvalue weighted by Crippen LogP contribution is 2.34. The van der Waals surface area contributed by atoms with E-state index in [0.717, 1.165) is 12.8 Å². The summed E-state index contributed by atoms with van der Waals surface area (Å²) in [4.78, 5) is 22.6. The summed E-state index contributed by atoms with van der Waals surface area (Å²) < 4.78 is 38.4. The Morgan fingerprint density at radius 1 is 1.29 bits per heavy atom. The van der Waals surface area contributed by atoms with Crippen LogP contribution in [-0.2, 0) is 4.79 Å². The van der Waals surface area contributed by atoms with E-state index in [-0.39, 0.29) is 12.0 Å². The molecule has 3 N–H and O–H groups in total. The van der Waals surface area contributed by atoms with Crippen molar-refractivity contribution in [1.82, 2.24) is 10.6 Å². The zero-order chi connectivity index (χ0) is 16.4. The van der Waals surface area contributed by atoms with E-state index in [0.29, 0.717) is 19.3 Å². The highest BCUT2D eigenvalue weighted by molar-refractivity contribution is 5.86. The van der Waals surface area contributed by atoms with Crippen molar-refractivity contribution in [3.8, 4) is 0 Å². The Morgan fingerprint density at radius 2 is 1.86 bits per heavy atom. The van der Waals surface area contributed by atoms with Gasteiger partial charge in [-0.05, 0) is 31.6 Å². The highest BCUT2D eigenvalue weighted by Gasteiger charge is 2.58. The van der Waals surface area contributed by atoms with Crippen LogP contribution in [0.4, 0.5) is 18.0 Å². The molecule has 0 radical (unpaired) electrons. The Hall–Kier alpha value is -1.47. The molecule has 1 saturated carbocycles. The second kappa shape index (κ2) is 6.11. The first-order valence-electron chi connectivity index (χ1n) is 6.91. The molecule has 0 spiro atoms. The molecule has 4 unspecified atom stereocenters. The van der Waals surface area contributed by atoms with E-state index in [1.165, 1.54) is 5.32 Å². The van der Waals surface area contributed by atoms with Crippen molar-refractivity contribution in [2.45, 2.75) is 57.8 Å². The van der Waals surface area contributed by atoms with E-state index in [4.69, 9.17) is 5.11 Å². The highest BCUT2D eigenvalue weighted by atomic mass is 19.4. The molecule has 2 amide bonds. The van der Waals surface area contributed by atoms with Crippen LogP contribution in [0, 0.1) is 11.8 Å². The van der Waals surface area contributed by atoms with E-state index in [2.05, 4.69) is 5.32 Å². The van der Waals surface area contributed by atoms with Crippen LogP contribution in [0.1, 0.15) is 40.0 Å². The van der Waals surface area contributed by atoms with Gasteiger partial charge in [-0.15, -0.1) is 0 Å². The zero-order valence-corrected chi connectivity index (χ0v) is 12.3. The maximum absolute atomic E-state index is 12.8.